The van der Waals surface area contributed by atoms with Crippen molar-refractivity contribution in [2.75, 3.05) is 7.11 Å². The van der Waals surface area contributed by atoms with Gasteiger partial charge in [0.1, 0.15) is 11.6 Å². The maximum atomic E-state index is 12.3. The number of carbonyl (C=O) groups is 3. The van der Waals surface area contributed by atoms with E-state index in [0.29, 0.717) is 5.56 Å². The van der Waals surface area contributed by atoms with E-state index in [1.54, 1.807) is 32.9 Å². The van der Waals surface area contributed by atoms with Crippen LogP contribution in [0.3, 0.4) is 0 Å². The van der Waals surface area contributed by atoms with Gasteiger partial charge in [-0.25, -0.2) is 20.4 Å². The van der Waals surface area contributed by atoms with Gasteiger partial charge in [0.2, 0.25) is 0 Å². The monoisotopic (exact) mass is 352 g/mol. The third-order valence-corrected chi connectivity index (χ3v) is 2.86. The molecule has 0 aromatic heterocycles. The van der Waals surface area contributed by atoms with Crippen LogP contribution in [0.1, 0.15) is 37.9 Å². The summed E-state index contributed by atoms with van der Waals surface area (Å²) in [6, 6.07) is 6.12. The molecule has 1 aromatic carbocycles. The Bertz CT molecular complexity index is 610. The number of hydrazine groups is 2. The first-order valence-corrected chi connectivity index (χ1v) is 7.57. The summed E-state index contributed by atoms with van der Waals surface area (Å²) < 4.78 is 9.48. The molecule has 1 unspecified atom stereocenters. The van der Waals surface area contributed by atoms with Crippen molar-refractivity contribution in [3.8, 4) is 0 Å². The van der Waals surface area contributed by atoms with E-state index in [2.05, 4.69) is 26.4 Å². The Hall–Kier alpha value is -2.81. The number of aryl methyl sites for hydroxylation is 1. The highest BCUT2D eigenvalue weighted by molar-refractivity contribution is 5.85. The summed E-state index contributed by atoms with van der Waals surface area (Å²) >= 11 is 0. The van der Waals surface area contributed by atoms with Gasteiger partial charge in [-0.2, -0.15) is 0 Å². The Morgan fingerprint density at radius 3 is 2.08 bits per heavy atom. The number of rotatable bonds is 4. The van der Waals surface area contributed by atoms with Crippen molar-refractivity contribution in [2.45, 2.75) is 39.3 Å². The van der Waals surface area contributed by atoms with Crippen LogP contribution in [0.4, 0.5) is 9.59 Å². The van der Waals surface area contributed by atoms with Gasteiger partial charge in [-0.05, 0) is 33.3 Å². The van der Waals surface area contributed by atoms with E-state index in [9.17, 15) is 14.4 Å². The van der Waals surface area contributed by atoms with E-state index in [1.807, 2.05) is 19.1 Å². The van der Waals surface area contributed by atoms with Crippen LogP contribution in [0.5, 0.6) is 0 Å². The highest BCUT2D eigenvalue weighted by atomic mass is 16.6. The van der Waals surface area contributed by atoms with Crippen LogP contribution < -0.4 is 21.7 Å². The third kappa shape index (κ3) is 7.53. The zero-order valence-corrected chi connectivity index (χ0v) is 14.9. The smallest absolute Gasteiger partial charge is 0.425 e. The molecule has 25 heavy (non-hydrogen) atoms. The van der Waals surface area contributed by atoms with Crippen LogP contribution in [0.2, 0.25) is 0 Å². The van der Waals surface area contributed by atoms with Gasteiger partial charge >= 0.3 is 12.2 Å². The molecule has 138 valence electrons. The normalized spacial score (nSPS) is 11.9. The predicted octanol–water partition coefficient (Wildman–Crippen LogP) is 1.45. The number of hydrogen-bond acceptors (Lipinski definition) is 6. The lowest BCUT2D eigenvalue weighted by Gasteiger charge is -2.23. The molecular formula is C16H24N4O5. The van der Waals surface area contributed by atoms with Gasteiger partial charge < -0.3 is 9.47 Å². The highest BCUT2D eigenvalue weighted by Crippen LogP contribution is 2.14. The van der Waals surface area contributed by atoms with E-state index in [0.717, 1.165) is 5.56 Å². The molecule has 0 fully saturated rings. The number of ether oxygens (including phenoxy) is 2. The van der Waals surface area contributed by atoms with Crippen LogP contribution in [0.15, 0.2) is 24.3 Å². The topological polar surface area (TPSA) is 118 Å². The van der Waals surface area contributed by atoms with Gasteiger partial charge in [0.15, 0.2) is 0 Å². The molecule has 1 aromatic rings. The molecule has 0 aliphatic heterocycles. The SMILES string of the molecule is COC(=O)NNC(=O)C(NNC(=O)OC(C)(C)C)c1ccc(C)cc1. The van der Waals surface area contributed by atoms with Gasteiger partial charge in [0.05, 0.1) is 7.11 Å². The molecule has 1 rings (SSSR count). The molecule has 0 aliphatic carbocycles. The van der Waals surface area contributed by atoms with Crippen molar-refractivity contribution in [3.05, 3.63) is 35.4 Å². The number of nitrogens with one attached hydrogen (secondary N) is 4. The van der Waals surface area contributed by atoms with Gasteiger partial charge in [-0.1, -0.05) is 29.8 Å². The Kier molecular flexibility index (Phi) is 7.19. The van der Waals surface area contributed by atoms with Crippen molar-refractivity contribution in [1.82, 2.24) is 21.7 Å². The third-order valence-electron chi connectivity index (χ3n) is 2.86. The Morgan fingerprint density at radius 2 is 1.56 bits per heavy atom. The first-order valence-electron chi connectivity index (χ1n) is 7.57. The summed E-state index contributed by atoms with van der Waals surface area (Å²) in [6.07, 6.45) is -1.56. The molecule has 0 aliphatic rings. The molecule has 4 N–H and O–H groups in total. The molecule has 9 nitrogen and oxygen atoms in total. The fourth-order valence-corrected chi connectivity index (χ4v) is 1.73. The largest absolute Gasteiger partial charge is 0.452 e. The first kappa shape index (κ1) is 20.2. The van der Waals surface area contributed by atoms with Gasteiger partial charge in [0, 0.05) is 0 Å². The number of benzene rings is 1. The van der Waals surface area contributed by atoms with Crippen molar-refractivity contribution in [2.24, 2.45) is 0 Å². The van der Waals surface area contributed by atoms with Crippen LogP contribution in [0.25, 0.3) is 0 Å². The van der Waals surface area contributed by atoms with E-state index in [1.165, 1.54) is 7.11 Å². The molecule has 3 amide bonds. The lowest BCUT2D eigenvalue weighted by Crippen LogP contribution is -2.51. The zero-order valence-electron chi connectivity index (χ0n) is 14.9. The Labute approximate surface area is 146 Å². The quantitative estimate of drug-likeness (QED) is 0.609. The predicted molar refractivity (Wildman–Crippen MR) is 90.1 cm³/mol. The van der Waals surface area contributed by atoms with Crippen molar-refractivity contribution >= 4 is 18.1 Å². The minimum atomic E-state index is -0.967. The van der Waals surface area contributed by atoms with Crippen LogP contribution in [-0.4, -0.2) is 30.8 Å². The summed E-state index contributed by atoms with van der Waals surface area (Å²) in [4.78, 5) is 35.2. The molecule has 0 bridgehead atoms. The van der Waals surface area contributed by atoms with Gasteiger partial charge in [-0.3, -0.25) is 15.6 Å². The van der Waals surface area contributed by atoms with Crippen LogP contribution in [0, 0.1) is 6.92 Å². The fraction of sp³-hybridized carbons (Fsp3) is 0.438. The Balaban J connectivity index is 2.81. The molecule has 0 saturated heterocycles. The number of amides is 3. The molecule has 9 heteroatoms. The number of methoxy groups -OCH3 is 1. The van der Waals surface area contributed by atoms with Crippen molar-refractivity contribution in [3.63, 3.8) is 0 Å². The van der Waals surface area contributed by atoms with Gasteiger partial charge in [-0.15, -0.1) is 0 Å². The average Bonchev–Trinajstić information content (AvgIpc) is 2.52. The maximum Gasteiger partial charge on any atom is 0.425 e. The lowest BCUT2D eigenvalue weighted by atomic mass is 10.1. The van der Waals surface area contributed by atoms with Crippen LogP contribution >= 0.6 is 0 Å². The minimum absolute atomic E-state index is 0.575. The van der Waals surface area contributed by atoms with E-state index < -0.39 is 29.7 Å². The summed E-state index contributed by atoms with van der Waals surface area (Å²) in [5.41, 5.74) is 10.1. The zero-order chi connectivity index (χ0) is 19.0. The molecule has 0 heterocycles. The Morgan fingerprint density at radius 1 is 0.960 bits per heavy atom. The van der Waals surface area contributed by atoms with E-state index in [4.69, 9.17) is 4.74 Å². The lowest BCUT2D eigenvalue weighted by molar-refractivity contribution is -0.124. The first-order chi connectivity index (χ1) is 11.6. The summed E-state index contributed by atoms with van der Waals surface area (Å²) in [7, 11) is 1.17. The summed E-state index contributed by atoms with van der Waals surface area (Å²) in [5, 5.41) is 0. The second kappa shape index (κ2) is 8.88. The molecule has 0 spiro atoms. The van der Waals surface area contributed by atoms with E-state index in [-0.39, 0.29) is 0 Å². The summed E-state index contributed by atoms with van der Waals surface area (Å²) in [5.74, 6) is -0.606. The highest BCUT2D eigenvalue weighted by Gasteiger charge is 2.23. The number of hydrogen-bond donors (Lipinski definition) is 4. The van der Waals surface area contributed by atoms with Crippen molar-refractivity contribution in [1.29, 1.82) is 0 Å². The maximum absolute atomic E-state index is 12.3. The second-order valence-electron chi connectivity index (χ2n) is 6.22. The molecule has 0 saturated carbocycles. The standard InChI is InChI=1S/C16H24N4O5/c1-10-6-8-11(9-7-10)12(13(21)18-19-14(22)24-5)17-20-15(23)25-16(2,3)4/h6-9,12,17H,1-5H3,(H,18,21)(H,19,22)(H,20,23). The van der Waals surface area contributed by atoms with Crippen LogP contribution in [-0.2, 0) is 14.3 Å². The fourth-order valence-electron chi connectivity index (χ4n) is 1.73. The molecule has 0 radical (unpaired) electrons. The molecular weight excluding hydrogens is 328 g/mol. The summed E-state index contributed by atoms with van der Waals surface area (Å²) in [6.45, 7) is 7.06. The average molecular weight is 352 g/mol. The molecule has 1 atom stereocenters. The van der Waals surface area contributed by atoms with Crippen molar-refractivity contribution < 1.29 is 23.9 Å². The minimum Gasteiger partial charge on any atom is -0.452 e. The number of carbonyl (C=O) groups excluding carboxylic acids is 3. The second-order valence-corrected chi connectivity index (χ2v) is 6.22. The van der Waals surface area contributed by atoms with E-state index >= 15 is 0 Å². The van der Waals surface area contributed by atoms with Gasteiger partial charge in [0.25, 0.3) is 5.91 Å².